The van der Waals surface area contributed by atoms with Crippen molar-refractivity contribution >= 4 is 22.8 Å². The molecule has 0 amide bonds. The summed E-state index contributed by atoms with van der Waals surface area (Å²) in [6.45, 7) is 5.53. The van der Waals surface area contributed by atoms with E-state index >= 15 is 0 Å². The Hall–Kier alpha value is -4.21. The number of aromatic nitrogens is 6. The molecule has 0 spiro atoms. The number of ether oxygens (including phenoxy) is 1. The van der Waals surface area contributed by atoms with E-state index in [1.54, 1.807) is 67.6 Å². The van der Waals surface area contributed by atoms with Crippen molar-refractivity contribution in [2.75, 3.05) is 12.3 Å². The van der Waals surface area contributed by atoms with Crippen LogP contribution < -0.4 is 5.73 Å². The first-order valence-corrected chi connectivity index (χ1v) is 10.3. The zero-order chi connectivity index (χ0) is 23.7. The molecule has 0 aliphatic rings. The molecule has 3 aromatic heterocycles. The van der Waals surface area contributed by atoms with Crippen LogP contribution in [-0.2, 0) is 11.8 Å². The van der Waals surface area contributed by atoms with Crippen LogP contribution in [0.1, 0.15) is 28.7 Å². The Bertz CT molecular complexity index is 1400. The standard InChI is InChI=1S/C23H24FN7O2/c1-5-33-23(32)20-13(2)28-31(14(20)3)19-12-18(25)27-22-17(10-11-26-19)21(30(4)29-22)15-6-8-16(24)9-7-15/h6-12H,5,25H2,1-4H3,(H,27,29). The van der Waals surface area contributed by atoms with Crippen molar-refractivity contribution in [3.63, 3.8) is 0 Å². The van der Waals surface area contributed by atoms with Crippen LogP contribution in [0.3, 0.4) is 0 Å². The van der Waals surface area contributed by atoms with E-state index in [1.807, 2.05) is 0 Å². The number of esters is 1. The van der Waals surface area contributed by atoms with Gasteiger partial charge in [-0.1, -0.05) is 0 Å². The maximum atomic E-state index is 13.4. The van der Waals surface area contributed by atoms with Crippen LogP contribution in [0.5, 0.6) is 0 Å². The molecule has 3 heterocycles. The lowest BCUT2D eigenvalue weighted by molar-refractivity contribution is 0.0524. The minimum absolute atomic E-state index is 0.269. The van der Waals surface area contributed by atoms with Gasteiger partial charge in [-0.25, -0.2) is 18.9 Å². The summed E-state index contributed by atoms with van der Waals surface area (Å²) in [6.07, 6.45) is 1.61. The number of H-pyrrole nitrogens is 1. The zero-order valence-corrected chi connectivity index (χ0v) is 18.8. The zero-order valence-electron chi connectivity index (χ0n) is 18.8. The second kappa shape index (κ2) is 8.73. The lowest BCUT2D eigenvalue weighted by atomic mass is 10.1. The summed E-state index contributed by atoms with van der Waals surface area (Å²) in [7, 11) is 1.80. The average Bonchev–Trinajstić information content (AvgIpc) is 3.24. The molecule has 33 heavy (non-hydrogen) atoms. The highest BCUT2D eigenvalue weighted by atomic mass is 19.1. The molecular formula is C23H24FN7O2. The van der Waals surface area contributed by atoms with Crippen molar-refractivity contribution in [1.82, 2.24) is 29.5 Å². The van der Waals surface area contributed by atoms with E-state index < -0.39 is 5.97 Å². The second-order valence-corrected chi connectivity index (χ2v) is 7.45. The Morgan fingerprint density at radius 2 is 1.91 bits per heavy atom. The molecule has 0 bridgehead atoms. The van der Waals surface area contributed by atoms with Crippen molar-refractivity contribution in [3.8, 4) is 17.1 Å². The van der Waals surface area contributed by atoms with E-state index in [-0.39, 0.29) is 18.2 Å². The van der Waals surface area contributed by atoms with Crippen LogP contribution in [0.4, 0.5) is 10.2 Å². The topological polar surface area (TPSA) is 117 Å². The van der Waals surface area contributed by atoms with E-state index in [9.17, 15) is 9.18 Å². The first-order chi connectivity index (χ1) is 15.8. The predicted octanol–water partition coefficient (Wildman–Crippen LogP) is 3.79. The SMILES string of the molecule is CCOC(=O)c1c(C)nn(-c2cc(N)[nH]c3nn(C)c(-c4ccc(F)cc4)c3ccn2)c1C. The maximum Gasteiger partial charge on any atom is 0.341 e. The second-order valence-electron chi connectivity index (χ2n) is 7.45. The van der Waals surface area contributed by atoms with Gasteiger partial charge in [-0.3, -0.25) is 4.68 Å². The number of nitrogens with two attached hydrogens (primary N) is 1. The van der Waals surface area contributed by atoms with Gasteiger partial charge in [-0.15, -0.1) is 0 Å². The normalized spacial score (nSPS) is 10.9. The van der Waals surface area contributed by atoms with E-state index in [1.165, 1.54) is 12.1 Å². The number of halogens is 1. The fourth-order valence-corrected chi connectivity index (χ4v) is 3.76. The van der Waals surface area contributed by atoms with Crippen molar-refractivity contribution in [3.05, 3.63) is 65.4 Å². The van der Waals surface area contributed by atoms with Gasteiger partial charge < -0.3 is 15.5 Å². The summed E-state index contributed by atoms with van der Waals surface area (Å²) in [6, 6.07) is 9.57. The third-order valence-electron chi connectivity index (χ3n) is 5.18. The van der Waals surface area contributed by atoms with E-state index in [2.05, 4.69) is 20.2 Å². The highest BCUT2D eigenvalue weighted by Crippen LogP contribution is 2.27. The summed E-state index contributed by atoms with van der Waals surface area (Å²) >= 11 is 0. The minimum Gasteiger partial charge on any atom is -0.462 e. The summed E-state index contributed by atoms with van der Waals surface area (Å²) in [4.78, 5) is 20.0. The van der Waals surface area contributed by atoms with Crippen molar-refractivity contribution in [2.24, 2.45) is 7.05 Å². The number of nitrogens with zero attached hydrogens (tertiary/aromatic N) is 5. The Kier molecular flexibility index (Phi) is 5.82. The molecule has 0 fully saturated rings. The molecule has 0 aliphatic carbocycles. The molecule has 0 atom stereocenters. The van der Waals surface area contributed by atoms with E-state index in [0.717, 1.165) is 16.6 Å². The molecule has 1 aromatic carbocycles. The monoisotopic (exact) mass is 449 g/mol. The quantitative estimate of drug-likeness (QED) is 0.458. The molecule has 0 aliphatic heterocycles. The highest BCUT2D eigenvalue weighted by molar-refractivity contribution is 5.92. The molecule has 170 valence electrons. The lowest BCUT2D eigenvalue weighted by Gasteiger charge is -2.04. The first-order valence-electron chi connectivity index (χ1n) is 10.3. The molecule has 4 rings (SSSR count). The van der Waals surface area contributed by atoms with Gasteiger partial charge in [-0.2, -0.15) is 10.2 Å². The first kappa shape index (κ1) is 22.0. The number of fused-ring (bicyclic) bond motifs is 1. The van der Waals surface area contributed by atoms with E-state index in [4.69, 9.17) is 10.5 Å². The van der Waals surface area contributed by atoms with Gasteiger partial charge in [0.05, 0.1) is 23.7 Å². The highest BCUT2D eigenvalue weighted by Gasteiger charge is 2.21. The number of rotatable bonds is 4. The molecule has 3 N–H and O–H groups in total. The van der Waals surface area contributed by atoms with Crippen LogP contribution in [0.15, 0.2) is 42.6 Å². The fourth-order valence-electron chi connectivity index (χ4n) is 3.76. The molecule has 10 heteroatoms. The van der Waals surface area contributed by atoms with Crippen LogP contribution in [0.25, 0.3) is 28.1 Å². The Labute approximate surface area is 189 Å². The van der Waals surface area contributed by atoms with Crippen LogP contribution >= 0.6 is 0 Å². The Balaban J connectivity index is 1.90. The van der Waals surface area contributed by atoms with Crippen LogP contribution in [0.2, 0.25) is 0 Å². The van der Waals surface area contributed by atoms with Gasteiger partial charge in [0.1, 0.15) is 17.2 Å². The third-order valence-corrected chi connectivity index (χ3v) is 5.18. The minimum atomic E-state index is -0.436. The predicted molar refractivity (Wildman–Crippen MR) is 123 cm³/mol. The molecule has 0 saturated carbocycles. The number of benzene rings is 1. The Morgan fingerprint density at radius 3 is 2.61 bits per heavy atom. The molecule has 0 radical (unpaired) electrons. The number of hydrogen-bond donors (Lipinski definition) is 2. The van der Waals surface area contributed by atoms with Gasteiger partial charge in [0.2, 0.25) is 0 Å². The molecule has 4 aromatic rings. The molecule has 0 saturated heterocycles. The average molecular weight is 449 g/mol. The van der Waals surface area contributed by atoms with Gasteiger partial charge in [0.15, 0.2) is 11.5 Å². The van der Waals surface area contributed by atoms with Crippen LogP contribution in [0, 0.1) is 19.7 Å². The summed E-state index contributed by atoms with van der Waals surface area (Å²) in [5.74, 6) is -0.0604. The summed E-state index contributed by atoms with van der Waals surface area (Å²) in [5.41, 5.74) is 9.85. The number of aromatic amines is 1. The van der Waals surface area contributed by atoms with E-state index in [0.29, 0.717) is 28.4 Å². The third kappa shape index (κ3) is 4.14. The molecule has 9 nitrogen and oxygen atoms in total. The largest absolute Gasteiger partial charge is 0.462 e. The maximum absolute atomic E-state index is 13.4. The summed E-state index contributed by atoms with van der Waals surface area (Å²) < 4.78 is 21.8. The smallest absolute Gasteiger partial charge is 0.341 e. The molecular weight excluding hydrogens is 425 g/mol. The van der Waals surface area contributed by atoms with Crippen LogP contribution in [-0.4, -0.2) is 42.1 Å². The number of nitrogen functional groups attached to an aromatic ring is 1. The van der Waals surface area contributed by atoms with Crippen molar-refractivity contribution in [2.45, 2.75) is 20.8 Å². The number of hydrogen-bond acceptors (Lipinski definition) is 6. The summed E-state index contributed by atoms with van der Waals surface area (Å²) in [5, 5.41) is 9.73. The number of carbonyl (C=O) groups excluding carboxylic acids is 1. The lowest BCUT2D eigenvalue weighted by Crippen LogP contribution is -2.08. The van der Waals surface area contributed by atoms with Gasteiger partial charge in [-0.05, 0) is 51.1 Å². The van der Waals surface area contributed by atoms with Crippen molar-refractivity contribution in [1.29, 1.82) is 0 Å². The van der Waals surface area contributed by atoms with Gasteiger partial charge >= 0.3 is 5.97 Å². The van der Waals surface area contributed by atoms with Crippen molar-refractivity contribution < 1.29 is 13.9 Å². The number of anilines is 1. The number of aryl methyl sites for hydroxylation is 2. The van der Waals surface area contributed by atoms with Gasteiger partial charge in [0.25, 0.3) is 0 Å². The number of carbonyl (C=O) groups is 1. The number of nitrogens with one attached hydrogen (secondary N) is 1. The molecule has 0 unspecified atom stereocenters. The fraction of sp³-hybridized carbons (Fsp3) is 0.217. The van der Waals surface area contributed by atoms with Gasteiger partial charge in [0, 0.05) is 30.3 Å². The Morgan fingerprint density at radius 1 is 1.18 bits per heavy atom.